The predicted octanol–water partition coefficient (Wildman–Crippen LogP) is 3.30. The molecule has 1 aromatic rings. The van der Waals surface area contributed by atoms with Crippen LogP contribution in [0, 0.1) is 11.7 Å². The minimum absolute atomic E-state index is 0. The maximum Gasteiger partial charge on any atom is 0.165 e. The lowest BCUT2D eigenvalue weighted by molar-refractivity contribution is 0.384. The van der Waals surface area contributed by atoms with Crippen molar-refractivity contribution in [3.63, 3.8) is 0 Å². The minimum Gasteiger partial charge on any atom is -0.494 e. The summed E-state index contributed by atoms with van der Waals surface area (Å²) in [6.07, 6.45) is 0.884. The summed E-state index contributed by atoms with van der Waals surface area (Å²) in [5.74, 6) is 0.431. The van der Waals surface area contributed by atoms with E-state index in [1.807, 2.05) is 0 Å². The molecule has 0 aliphatic heterocycles. The molecule has 0 heterocycles. The second kappa shape index (κ2) is 6.71. The molecule has 1 atom stereocenters. The Bertz CT molecular complexity index is 331. The Morgan fingerprint density at radius 2 is 2.00 bits per heavy atom. The Morgan fingerprint density at radius 1 is 1.38 bits per heavy atom. The molecule has 0 fully saturated rings. The summed E-state index contributed by atoms with van der Waals surface area (Å²) in [6.45, 7) is 4.22. The second-order valence-electron chi connectivity index (χ2n) is 4.13. The highest BCUT2D eigenvalue weighted by molar-refractivity contribution is 5.85. The molecular formula is C12H19ClFNO. The van der Waals surface area contributed by atoms with Crippen LogP contribution in [-0.2, 0) is 0 Å². The number of hydrogen-bond donors (Lipinski definition) is 1. The van der Waals surface area contributed by atoms with Crippen molar-refractivity contribution in [2.75, 3.05) is 7.11 Å². The van der Waals surface area contributed by atoms with Crippen LogP contribution in [0.25, 0.3) is 0 Å². The van der Waals surface area contributed by atoms with E-state index in [0.717, 1.165) is 12.0 Å². The molecule has 2 nitrogen and oxygen atoms in total. The van der Waals surface area contributed by atoms with E-state index in [4.69, 9.17) is 10.5 Å². The summed E-state index contributed by atoms with van der Waals surface area (Å²) in [5.41, 5.74) is 6.91. The Morgan fingerprint density at radius 3 is 2.50 bits per heavy atom. The average Bonchev–Trinajstić information content (AvgIpc) is 2.17. The fourth-order valence-electron chi connectivity index (χ4n) is 1.55. The normalized spacial score (nSPS) is 12.1. The lowest BCUT2D eigenvalue weighted by Crippen LogP contribution is -2.13. The topological polar surface area (TPSA) is 35.2 Å². The maximum absolute atomic E-state index is 13.1. The molecule has 4 heteroatoms. The van der Waals surface area contributed by atoms with Crippen LogP contribution in [0.3, 0.4) is 0 Å². The number of benzene rings is 1. The lowest BCUT2D eigenvalue weighted by atomic mass is 9.98. The molecule has 0 unspecified atom stereocenters. The Labute approximate surface area is 102 Å². The fourth-order valence-corrected chi connectivity index (χ4v) is 1.55. The van der Waals surface area contributed by atoms with Gasteiger partial charge in [-0.1, -0.05) is 19.9 Å². The van der Waals surface area contributed by atoms with Crippen molar-refractivity contribution in [3.8, 4) is 5.75 Å². The van der Waals surface area contributed by atoms with Gasteiger partial charge in [-0.25, -0.2) is 4.39 Å². The smallest absolute Gasteiger partial charge is 0.165 e. The van der Waals surface area contributed by atoms with Gasteiger partial charge in [-0.3, -0.25) is 0 Å². The van der Waals surface area contributed by atoms with Crippen LogP contribution in [-0.4, -0.2) is 7.11 Å². The van der Waals surface area contributed by atoms with Gasteiger partial charge in [0.25, 0.3) is 0 Å². The second-order valence-corrected chi connectivity index (χ2v) is 4.13. The van der Waals surface area contributed by atoms with Gasteiger partial charge in [0.2, 0.25) is 0 Å². The highest BCUT2D eigenvalue weighted by Crippen LogP contribution is 2.24. The first-order valence-electron chi connectivity index (χ1n) is 5.13. The molecule has 0 bridgehead atoms. The zero-order valence-electron chi connectivity index (χ0n) is 9.87. The minimum atomic E-state index is -0.349. The quantitative estimate of drug-likeness (QED) is 0.886. The van der Waals surface area contributed by atoms with E-state index < -0.39 is 0 Å². The molecule has 1 rings (SSSR count). The van der Waals surface area contributed by atoms with Gasteiger partial charge in [-0.2, -0.15) is 0 Å². The van der Waals surface area contributed by atoms with Gasteiger partial charge in [0.15, 0.2) is 11.6 Å². The third-order valence-corrected chi connectivity index (χ3v) is 2.33. The summed E-state index contributed by atoms with van der Waals surface area (Å²) >= 11 is 0. The van der Waals surface area contributed by atoms with Gasteiger partial charge < -0.3 is 10.5 Å². The largest absolute Gasteiger partial charge is 0.494 e. The van der Waals surface area contributed by atoms with Crippen LogP contribution in [0.15, 0.2) is 18.2 Å². The molecule has 0 aliphatic rings. The van der Waals surface area contributed by atoms with E-state index in [1.54, 1.807) is 12.1 Å². The zero-order chi connectivity index (χ0) is 11.4. The van der Waals surface area contributed by atoms with E-state index >= 15 is 0 Å². The van der Waals surface area contributed by atoms with Crippen LogP contribution in [0.4, 0.5) is 4.39 Å². The molecule has 0 radical (unpaired) electrons. The molecule has 0 aliphatic carbocycles. The summed E-state index contributed by atoms with van der Waals surface area (Å²) < 4.78 is 18.0. The first-order valence-corrected chi connectivity index (χ1v) is 5.13. The molecular weight excluding hydrogens is 229 g/mol. The van der Waals surface area contributed by atoms with Gasteiger partial charge in [-0.05, 0) is 30.0 Å². The third-order valence-electron chi connectivity index (χ3n) is 2.33. The molecule has 0 saturated carbocycles. The monoisotopic (exact) mass is 247 g/mol. The molecule has 0 saturated heterocycles. The van der Waals surface area contributed by atoms with Crippen molar-refractivity contribution >= 4 is 12.4 Å². The van der Waals surface area contributed by atoms with E-state index in [2.05, 4.69) is 13.8 Å². The molecule has 2 N–H and O–H groups in total. The summed E-state index contributed by atoms with van der Waals surface area (Å²) in [7, 11) is 1.45. The molecule has 0 spiro atoms. The van der Waals surface area contributed by atoms with Crippen molar-refractivity contribution in [1.29, 1.82) is 0 Å². The summed E-state index contributed by atoms with van der Waals surface area (Å²) in [6, 6.07) is 4.72. The van der Waals surface area contributed by atoms with Gasteiger partial charge in [0.05, 0.1) is 7.11 Å². The van der Waals surface area contributed by atoms with Crippen molar-refractivity contribution < 1.29 is 9.13 Å². The van der Waals surface area contributed by atoms with Gasteiger partial charge in [0, 0.05) is 6.04 Å². The van der Waals surface area contributed by atoms with E-state index in [0.29, 0.717) is 5.92 Å². The number of rotatable bonds is 4. The standard InChI is InChI=1S/C12H18FNO.ClH/c1-8(2)6-11(14)9-4-5-10(13)12(7-9)15-3;/h4-5,7-8,11H,6,14H2,1-3H3;1H/t11-;/m1./s1. The zero-order valence-corrected chi connectivity index (χ0v) is 10.7. The van der Waals surface area contributed by atoms with Crippen LogP contribution < -0.4 is 10.5 Å². The highest BCUT2D eigenvalue weighted by atomic mass is 35.5. The fraction of sp³-hybridized carbons (Fsp3) is 0.500. The van der Waals surface area contributed by atoms with Crippen LogP contribution >= 0.6 is 12.4 Å². The first-order chi connectivity index (χ1) is 7.04. The van der Waals surface area contributed by atoms with E-state index in [9.17, 15) is 4.39 Å². The van der Waals surface area contributed by atoms with E-state index in [1.165, 1.54) is 13.2 Å². The third kappa shape index (κ3) is 3.99. The van der Waals surface area contributed by atoms with Crippen LogP contribution in [0.5, 0.6) is 5.75 Å². The van der Waals surface area contributed by atoms with Crippen LogP contribution in [0.2, 0.25) is 0 Å². The molecule has 1 aromatic carbocycles. The Balaban J connectivity index is 0.00000225. The molecule has 0 amide bonds. The molecule has 92 valence electrons. The van der Waals surface area contributed by atoms with E-state index in [-0.39, 0.29) is 30.0 Å². The van der Waals surface area contributed by atoms with Crippen LogP contribution in [0.1, 0.15) is 31.9 Å². The Kier molecular flexibility index (Phi) is 6.38. The number of methoxy groups -OCH3 is 1. The number of ether oxygens (including phenoxy) is 1. The Hall–Kier alpha value is -0.800. The van der Waals surface area contributed by atoms with Gasteiger partial charge in [0.1, 0.15) is 0 Å². The lowest BCUT2D eigenvalue weighted by Gasteiger charge is -2.15. The van der Waals surface area contributed by atoms with Gasteiger partial charge in [-0.15, -0.1) is 12.4 Å². The SMILES string of the molecule is COc1cc([C@H](N)CC(C)C)ccc1F.Cl. The number of halogens is 2. The van der Waals surface area contributed by atoms with Crippen molar-refractivity contribution in [1.82, 2.24) is 0 Å². The van der Waals surface area contributed by atoms with Gasteiger partial charge >= 0.3 is 0 Å². The number of nitrogens with two attached hydrogens (primary N) is 1. The summed E-state index contributed by atoms with van der Waals surface area (Å²) in [5, 5.41) is 0. The first kappa shape index (κ1) is 15.2. The molecule has 16 heavy (non-hydrogen) atoms. The predicted molar refractivity (Wildman–Crippen MR) is 66.6 cm³/mol. The van der Waals surface area contributed by atoms with Crippen molar-refractivity contribution in [2.45, 2.75) is 26.3 Å². The van der Waals surface area contributed by atoms with Crippen molar-refractivity contribution in [2.24, 2.45) is 11.7 Å². The van der Waals surface area contributed by atoms with Crippen molar-refractivity contribution in [3.05, 3.63) is 29.6 Å². The number of hydrogen-bond acceptors (Lipinski definition) is 2. The summed E-state index contributed by atoms with van der Waals surface area (Å²) in [4.78, 5) is 0. The molecule has 0 aromatic heterocycles. The highest BCUT2D eigenvalue weighted by Gasteiger charge is 2.11. The average molecular weight is 248 g/mol. The maximum atomic E-state index is 13.1.